The maximum Gasteiger partial charge on any atom is 0.242 e. The second kappa shape index (κ2) is 8.87. The van der Waals surface area contributed by atoms with E-state index in [9.17, 15) is 14.4 Å². The number of anilines is 2. The molecule has 6 nitrogen and oxygen atoms in total. The van der Waals surface area contributed by atoms with E-state index in [2.05, 4.69) is 10.3 Å². The van der Waals surface area contributed by atoms with Crippen molar-refractivity contribution in [2.45, 2.75) is 10.3 Å². The van der Waals surface area contributed by atoms with Gasteiger partial charge in [0, 0.05) is 5.69 Å². The molecule has 0 bridgehead atoms. The highest BCUT2D eigenvalue weighted by Crippen LogP contribution is 2.37. The van der Waals surface area contributed by atoms with E-state index in [-0.39, 0.29) is 27.9 Å². The first-order valence-electron chi connectivity index (χ1n) is 8.40. The number of nitrogen functional groups attached to an aromatic ring is 1. The Hall–Kier alpha value is -3.88. The number of aromatic nitrogens is 1. The molecule has 0 aliphatic rings. The summed E-state index contributed by atoms with van der Waals surface area (Å²) in [6.45, 7) is 0. The van der Waals surface area contributed by atoms with E-state index in [1.807, 2.05) is 18.2 Å². The summed E-state index contributed by atoms with van der Waals surface area (Å²) in [7, 11) is 0. The van der Waals surface area contributed by atoms with Gasteiger partial charge >= 0.3 is 0 Å². The third-order valence-electron chi connectivity index (χ3n) is 3.94. The number of nitrogens with two attached hydrogens (primary N) is 1. The second-order valence-corrected chi connectivity index (χ2v) is 7.00. The van der Waals surface area contributed by atoms with Crippen molar-refractivity contribution in [3.63, 3.8) is 0 Å². The molecule has 0 radical (unpaired) electrons. The van der Waals surface area contributed by atoms with Gasteiger partial charge in [0.2, 0.25) is 5.91 Å². The fourth-order valence-corrected chi connectivity index (χ4v) is 3.59. The van der Waals surface area contributed by atoms with Crippen LogP contribution in [0.5, 0.6) is 0 Å². The van der Waals surface area contributed by atoms with E-state index >= 15 is 0 Å². The highest BCUT2D eigenvalue weighted by atomic mass is 32.2. The van der Waals surface area contributed by atoms with E-state index in [1.165, 1.54) is 30.3 Å². The summed E-state index contributed by atoms with van der Waals surface area (Å²) in [4.78, 5) is 17.1. The van der Waals surface area contributed by atoms with Gasteiger partial charge < -0.3 is 11.1 Å². The fraction of sp³-hybridized carbons (Fsp3) is 0.0476. The number of benzene rings is 2. The first kappa shape index (κ1) is 19.9. The molecule has 29 heavy (non-hydrogen) atoms. The molecule has 3 aromatic rings. The van der Waals surface area contributed by atoms with Gasteiger partial charge in [-0.3, -0.25) is 4.79 Å². The topological polar surface area (TPSA) is 116 Å². The molecular formula is C21H14FN5OS. The Morgan fingerprint density at radius 1 is 1.07 bits per heavy atom. The minimum absolute atomic E-state index is 0.0141. The number of hydrogen-bond donors (Lipinski definition) is 2. The molecule has 1 amide bonds. The lowest BCUT2D eigenvalue weighted by molar-refractivity contribution is -0.115. The van der Waals surface area contributed by atoms with Crippen LogP contribution in [0.15, 0.2) is 65.7 Å². The van der Waals surface area contributed by atoms with E-state index in [0.29, 0.717) is 11.3 Å². The Balaban J connectivity index is 1.96. The number of nitrogens with zero attached hydrogens (tertiary/aromatic N) is 3. The van der Waals surface area contributed by atoms with E-state index < -0.39 is 11.1 Å². The van der Waals surface area contributed by atoms with Gasteiger partial charge in [0.25, 0.3) is 0 Å². The molecule has 1 atom stereocenters. The summed E-state index contributed by atoms with van der Waals surface area (Å²) in [5.74, 6) is -0.797. The van der Waals surface area contributed by atoms with Crippen molar-refractivity contribution >= 4 is 29.2 Å². The largest absolute Gasteiger partial charge is 0.383 e. The van der Waals surface area contributed by atoms with E-state index in [4.69, 9.17) is 11.0 Å². The Morgan fingerprint density at radius 3 is 2.34 bits per heavy atom. The fourth-order valence-electron chi connectivity index (χ4n) is 2.52. The van der Waals surface area contributed by atoms with Crippen molar-refractivity contribution in [2.75, 3.05) is 11.1 Å². The number of rotatable bonds is 5. The van der Waals surface area contributed by atoms with Gasteiger partial charge in [-0.1, -0.05) is 42.1 Å². The first-order chi connectivity index (χ1) is 14.0. The summed E-state index contributed by atoms with van der Waals surface area (Å²) >= 11 is 1.05. The van der Waals surface area contributed by atoms with Crippen LogP contribution < -0.4 is 11.1 Å². The van der Waals surface area contributed by atoms with Crippen LogP contribution in [-0.4, -0.2) is 10.9 Å². The molecule has 0 saturated carbocycles. The third-order valence-corrected chi connectivity index (χ3v) is 5.20. The molecule has 142 valence electrons. The first-order valence-corrected chi connectivity index (χ1v) is 9.28. The standard InChI is InChI=1S/C21H14FN5OS/c22-16-6-8-17(9-7-16)26-20(28)18(13-4-2-1-3-5-13)29-21-15(12-24)10-14(11-23)19(25)27-21/h1-10,18H,(H2,25,27)(H,26,28)/t18-/m0/s1. The molecule has 0 spiro atoms. The average molecular weight is 403 g/mol. The van der Waals surface area contributed by atoms with Crippen LogP contribution >= 0.6 is 11.8 Å². The van der Waals surface area contributed by atoms with Crippen molar-refractivity contribution < 1.29 is 9.18 Å². The third kappa shape index (κ3) is 4.70. The van der Waals surface area contributed by atoms with Crippen molar-refractivity contribution in [3.8, 4) is 12.1 Å². The number of hydrogen-bond acceptors (Lipinski definition) is 6. The quantitative estimate of drug-likeness (QED) is 0.622. The molecule has 0 aliphatic carbocycles. The SMILES string of the molecule is N#Cc1cc(C#N)c(S[C@H](C(=O)Nc2ccc(F)cc2)c2ccccc2)nc1N. The Bertz CT molecular complexity index is 1120. The lowest BCUT2D eigenvalue weighted by Gasteiger charge is -2.17. The number of nitrogens with one attached hydrogen (secondary N) is 1. The summed E-state index contributed by atoms with van der Waals surface area (Å²) in [6.07, 6.45) is 0. The smallest absolute Gasteiger partial charge is 0.242 e. The zero-order chi connectivity index (χ0) is 20.8. The number of nitriles is 2. The van der Waals surface area contributed by atoms with E-state index in [1.54, 1.807) is 24.3 Å². The molecule has 1 heterocycles. The van der Waals surface area contributed by atoms with Crippen LogP contribution in [0.4, 0.5) is 15.9 Å². The summed E-state index contributed by atoms with van der Waals surface area (Å²) in [6, 6.07) is 19.6. The average Bonchev–Trinajstić information content (AvgIpc) is 2.74. The second-order valence-electron chi connectivity index (χ2n) is 5.90. The van der Waals surface area contributed by atoms with Crippen LogP contribution in [0, 0.1) is 28.5 Å². The number of pyridine rings is 1. The van der Waals surface area contributed by atoms with Gasteiger partial charge in [0.1, 0.15) is 34.0 Å². The minimum atomic E-state index is -0.756. The van der Waals surface area contributed by atoms with Crippen LogP contribution in [0.1, 0.15) is 21.9 Å². The molecule has 0 unspecified atom stereocenters. The lowest BCUT2D eigenvalue weighted by Crippen LogP contribution is -2.19. The Kier molecular flexibility index (Phi) is 6.08. The number of carbonyl (C=O) groups is 1. The molecule has 8 heteroatoms. The van der Waals surface area contributed by atoms with Crippen LogP contribution in [0.3, 0.4) is 0 Å². The zero-order valence-electron chi connectivity index (χ0n) is 15.0. The molecule has 0 saturated heterocycles. The van der Waals surface area contributed by atoms with Gasteiger partial charge in [-0.2, -0.15) is 10.5 Å². The van der Waals surface area contributed by atoms with Gasteiger partial charge in [-0.15, -0.1) is 0 Å². The number of amides is 1. The monoisotopic (exact) mass is 403 g/mol. The number of thioether (sulfide) groups is 1. The molecule has 2 aromatic carbocycles. The molecule has 0 aliphatic heterocycles. The highest BCUT2D eigenvalue weighted by Gasteiger charge is 2.25. The number of halogens is 1. The van der Waals surface area contributed by atoms with Crippen molar-refractivity contribution in [2.24, 2.45) is 0 Å². The predicted octanol–water partition coefficient (Wildman–Crippen LogP) is 4.02. The van der Waals surface area contributed by atoms with Crippen molar-refractivity contribution in [1.29, 1.82) is 10.5 Å². The van der Waals surface area contributed by atoms with Gasteiger partial charge in [0.05, 0.1) is 11.1 Å². The zero-order valence-corrected chi connectivity index (χ0v) is 15.8. The molecule has 3 N–H and O–H groups in total. The Labute approximate surface area is 170 Å². The highest BCUT2D eigenvalue weighted by molar-refractivity contribution is 8.00. The predicted molar refractivity (Wildman–Crippen MR) is 108 cm³/mol. The van der Waals surface area contributed by atoms with Gasteiger partial charge in [-0.05, 0) is 35.9 Å². The molecular weight excluding hydrogens is 389 g/mol. The normalized spacial score (nSPS) is 11.1. The van der Waals surface area contributed by atoms with Gasteiger partial charge in [-0.25, -0.2) is 9.37 Å². The van der Waals surface area contributed by atoms with Crippen molar-refractivity contribution in [3.05, 3.63) is 83.2 Å². The summed E-state index contributed by atoms with van der Waals surface area (Å²) in [5.41, 5.74) is 7.16. The van der Waals surface area contributed by atoms with Crippen molar-refractivity contribution in [1.82, 2.24) is 4.98 Å². The maximum atomic E-state index is 13.1. The summed E-state index contributed by atoms with van der Waals surface area (Å²) in [5, 5.41) is 20.7. The molecule has 1 aromatic heterocycles. The lowest BCUT2D eigenvalue weighted by atomic mass is 10.1. The van der Waals surface area contributed by atoms with E-state index in [0.717, 1.165) is 11.8 Å². The van der Waals surface area contributed by atoms with Crippen LogP contribution in [0.2, 0.25) is 0 Å². The molecule has 0 fully saturated rings. The molecule has 3 rings (SSSR count). The number of carbonyl (C=O) groups excluding carboxylic acids is 1. The minimum Gasteiger partial charge on any atom is -0.383 e. The van der Waals surface area contributed by atoms with Crippen LogP contribution in [0.25, 0.3) is 0 Å². The maximum absolute atomic E-state index is 13.1. The van der Waals surface area contributed by atoms with Crippen LogP contribution in [-0.2, 0) is 4.79 Å². The summed E-state index contributed by atoms with van der Waals surface area (Å²) < 4.78 is 13.1. The Morgan fingerprint density at radius 2 is 1.72 bits per heavy atom. The van der Waals surface area contributed by atoms with Gasteiger partial charge in [0.15, 0.2) is 0 Å².